The van der Waals surface area contributed by atoms with E-state index in [1.165, 1.54) is 0 Å². The van der Waals surface area contributed by atoms with E-state index >= 15 is 0 Å². The SMILES string of the molecule is OCc1cnoc1C1CCCN1. The number of aliphatic hydroxyl groups excluding tert-OH is 1. The molecule has 4 heteroatoms. The quantitative estimate of drug-likeness (QED) is 0.678. The smallest absolute Gasteiger partial charge is 0.159 e. The summed E-state index contributed by atoms with van der Waals surface area (Å²) < 4.78 is 5.07. The van der Waals surface area contributed by atoms with E-state index in [2.05, 4.69) is 10.5 Å². The number of hydrogen-bond acceptors (Lipinski definition) is 4. The van der Waals surface area contributed by atoms with Crippen LogP contribution in [0.15, 0.2) is 10.7 Å². The standard InChI is InChI=1S/C8H12N2O2/c11-5-6-4-10-12-8(6)7-2-1-3-9-7/h4,7,9,11H,1-3,5H2. The normalized spacial score (nSPS) is 23.2. The summed E-state index contributed by atoms with van der Waals surface area (Å²) in [7, 11) is 0. The Morgan fingerprint density at radius 3 is 3.33 bits per heavy atom. The van der Waals surface area contributed by atoms with E-state index in [9.17, 15) is 0 Å². The fourth-order valence-corrected chi connectivity index (χ4v) is 1.58. The van der Waals surface area contributed by atoms with Crippen molar-refractivity contribution >= 4 is 0 Å². The van der Waals surface area contributed by atoms with E-state index in [4.69, 9.17) is 9.63 Å². The minimum atomic E-state index is 0.0109. The van der Waals surface area contributed by atoms with Gasteiger partial charge in [0.1, 0.15) is 0 Å². The minimum Gasteiger partial charge on any atom is -0.391 e. The highest BCUT2D eigenvalue weighted by molar-refractivity contribution is 5.16. The Morgan fingerprint density at radius 1 is 1.75 bits per heavy atom. The van der Waals surface area contributed by atoms with E-state index < -0.39 is 0 Å². The molecule has 1 fully saturated rings. The van der Waals surface area contributed by atoms with Crippen LogP contribution in [0.5, 0.6) is 0 Å². The van der Waals surface area contributed by atoms with Crippen LogP contribution in [0.25, 0.3) is 0 Å². The monoisotopic (exact) mass is 168 g/mol. The summed E-state index contributed by atoms with van der Waals surface area (Å²) in [4.78, 5) is 0. The molecule has 1 atom stereocenters. The van der Waals surface area contributed by atoms with Gasteiger partial charge in [0.15, 0.2) is 5.76 Å². The number of aromatic nitrogens is 1. The number of rotatable bonds is 2. The Hall–Kier alpha value is -0.870. The third-order valence-electron chi connectivity index (χ3n) is 2.22. The highest BCUT2D eigenvalue weighted by atomic mass is 16.5. The van der Waals surface area contributed by atoms with Gasteiger partial charge in [-0.1, -0.05) is 5.16 Å². The molecular weight excluding hydrogens is 156 g/mol. The van der Waals surface area contributed by atoms with Crippen molar-refractivity contribution in [3.63, 3.8) is 0 Å². The van der Waals surface area contributed by atoms with Gasteiger partial charge in [-0.15, -0.1) is 0 Å². The molecule has 1 saturated heterocycles. The van der Waals surface area contributed by atoms with Crippen molar-refractivity contribution in [3.05, 3.63) is 17.5 Å². The maximum Gasteiger partial charge on any atom is 0.159 e. The van der Waals surface area contributed by atoms with Crippen LogP contribution in [0.4, 0.5) is 0 Å². The average Bonchev–Trinajstić information content (AvgIpc) is 2.74. The van der Waals surface area contributed by atoms with Crippen LogP contribution in [0.2, 0.25) is 0 Å². The van der Waals surface area contributed by atoms with Crippen molar-refractivity contribution in [2.45, 2.75) is 25.5 Å². The number of hydrogen-bond donors (Lipinski definition) is 2. The zero-order valence-electron chi connectivity index (χ0n) is 6.79. The maximum absolute atomic E-state index is 8.94. The van der Waals surface area contributed by atoms with Gasteiger partial charge < -0.3 is 14.9 Å². The largest absolute Gasteiger partial charge is 0.391 e. The molecule has 2 heterocycles. The van der Waals surface area contributed by atoms with Crippen molar-refractivity contribution < 1.29 is 9.63 Å². The fraction of sp³-hybridized carbons (Fsp3) is 0.625. The van der Waals surface area contributed by atoms with E-state index in [-0.39, 0.29) is 12.6 Å². The van der Waals surface area contributed by atoms with Crippen molar-refractivity contribution in [3.8, 4) is 0 Å². The molecule has 0 spiro atoms. The molecule has 0 aromatic carbocycles. The second kappa shape index (κ2) is 3.25. The minimum absolute atomic E-state index is 0.0109. The summed E-state index contributed by atoms with van der Waals surface area (Å²) in [5, 5.41) is 15.9. The highest BCUT2D eigenvalue weighted by Crippen LogP contribution is 2.25. The zero-order chi connectivity index (χ0) is 8.39. The Morgan fingerprint density at radius 2 is 2.67 bits per heavy atom. The van der Waals surface area contributed by atoms with Gasteiger partial charge in [-0.25, -0.2) is 0 Å². The second-order valence-electron chi connectivity index (χ2n) is 3.02. The van der Waals surface area contributed by atoms with Gasteiger partial charge >= 0.3 is 0 Å². The number of nitrogens with zero attached hydrogens (tertiary/aromatic N) is 1. The van der Waals surface area contributed by atoms with E-state index in [1.54, 1.807) is 6.20 Å². The summed E-state index contributed by atoms with van der Waals surface area (Å²) in [5.74, 6) is 0.801. The lowest BCUT2D eigenvalue weighted by atomic mass is 10.1. The topological polar surface area (TPSA) is 58.3 Å². The molecule has 1 aliphatic rings. The van der Waals surface area contributed by atoms with Crippen LogP contribution in [-0.2, 0) is 6.61 Å². The molecule has 12 heavy (non-hydrogen) atoms. The number of nitrogens with one attached hydrogen (secondary N) is 1. The molecule has 0 amide bonds. The van der Waals surface area contributed by atoms with E-state index in [0.29, 0.717) is 0 Å². The molecule has 0 aliphatic carbocycles. The summed E-state index contributed by atoms with van der Waals surface area (Å²) in [5.41, 5.74) is 0.800. The van der Waals surface area contributed by atoms with Crippen LogP contribution in [0.1, 0.15) is 30.2 Å². The highest BCUT2D eigenvalue weighted by Gasteiger charge is 2.22. The van der Waals surface area contributed by atoms with Crippen LogP contribution < -0.4 is 5.32 Å². The molecular formula is C8H12N2O2. The Kier molecular flexibility index (Phi) is 2.10. The average molecular weight is 168 g/mol. The molecule has 4 nitrogen and oxygen atoms in total. The summed E-state index contributed by atoms with van der Waals surface area (Å²) in [6, 6.07) is 0.259. The lowest BCUT2D eigenvalue weighted by molar-refractivity contribution is 0.273. The van der Waals surface area contributed by atoms with Crippen LogP contribution in [0.3, 0.4) is 0 Å². The predicted molar refractivity (Wildman–Crippen MR) is 42.4 cm³/mol. The van der Waals surface area contributed by atoms with Gasteiger partial charge in [0.05, 0.1) is 18.8 Å². The van der Waals surface area contributed by atoms with Gasteiger partial charge in [0, 0.05) is 5.56 Å². The third-order valence-corrected chi connectivity index (χ3v) is 2.22. The second-order valence-corrected chi connectivity index (χ2v) is 3.02. The number of aliphatic hydroxyl groups is 1. The molecule has 1 aromatic heterocycles. The first kappa shape index (κ1) is 7.76. The predicted octanol–water partition coefficient (Wildman–Crippen LogP) is 0.591. The molecule has 1 unspecified atom stereocenters. The summed E-state index contributed by atoms with van der Waals surface area (Å²) in [6.07, 6.45) is 3.81. The first-order valence-corrected chi connectivity index (χ1v) is 4.19. The lowest BCUT2D eigenvalue weighted by Gasteiger charge is -2.06. The van der Waals surface area contributed by atoms with Crippen molar-refractivity contribution in [1.29, 1.82) is 0 Å². The van der Waals surface area contributed by atoms with E-state index in [1.807, 2.05) is 0 Å². The molecule has 66 valence electrons. The summed E-state index contributed by atoms with van der Waals surface area (Å²) in [6.45, 7) is 1.03. The lowest BCUT2D eigenvalue weighted by Crippen LogP contribution is -2.13. The molecule has 0 saturated carbocycles. The Labute approximate surface area is 70.6 Å². The molecule has 1 aromatic rings. The van der Waals surface area contributed by atoms with Gasteiger partial charge in [0.25, 0.3) is 0 Å². The summed E-state index contributed by atoms with van der Waals surface area (Å²) >= 11 is 0. The fourth-order valence-electron chi connectivity index (χ4n) is 1.58. The molecule has 2 rings (SSSR count). The molecule has 2 N–H and O–H groups in total. The van der Waals surface area contributed by atoms with Crippen LogP contribution in [-0.4, -0.2) is 16.8 Å². The van der Waals surface area contributed by atoms with E-state index in [0.717, 1.165) is 30.7 Å². The van der Waals surface area contributed by atoms with Crippen LogP contribution in [0, 0.1) is 0 Å². The third kappa shape index (κ3) is 1.23. The van der Waals surface area contributed by atoms with Crippen LogP contribution >= 0.6 is 0 Å². The zero-order valence-corrected chi connectivity index (χ0v) is 6.79. The Bertz CT molecular complexity index is 253. The van der Waals surface area contributed by atoms with Crippen molar-refractivity contribution in [1.82, 2.24) is 10.5 Å². The molecule has 0 radical (unpaired) electrons. The van der Waals surface area contributed by atoms with Gasteiger partial charge in [0.2, 0.25) is 0 Å². The van der Waals surface area contributed by atoms with Gasteiger partial charge in [-0.05, 0) is 19.4 Å². The molecule has 0 bridgehead atoms. The van der Waals surface area contributed by atoms with Crippen molar-refractivity contribution in [2.24, 2.45) is 0 Å². The van der Waals surface area contributed by atoms with Gasteiger partial charge in [-0.3, -0.25) is 0 Å². The Balaban J connectivity index is 2.19. The first-order valence-electron chi connectivity index (χ1n) is 4.19. The van der Waals surface area contributed by atoms with Gasteiger partial charge in [-0.2, -0.15) is 0 Å². The maximum atomic E-state index is 8.94. The van der Waals surface area contributed by atoms with Crippen molar-refractivity contribution in [2.75, 3.05) is 6.54 Å². The molecule has 1 aliphatic heterocycles. The first-order chi connectivity index (χ1) is 5.92.